The third kappa shape index (κ3) is 3.25. The molecule has 26 heavy (non-hydrogen) atoms. The van der Waals surface area contributed by atoms with E-state index in [1.807, 2.05) is 12.3 Å². The van der Waals surface area contributed by atoms with Gasteiger partial charge in [0.2, 0.25) is 0 Å². The largest absolute Gasteiger partial charge is 0.382 e. The molecular formula is C18H27N7O. The molecule has 2 aliphatic rings. The van der Waals surface area contributed by atoms with Crippen molar-refractivity contribution in [3.8, 4) is 0 Å². The summed E-state index contributed by atoms with van der Waals surface area (Å²) in [6.07, 6.45) is 7.50. The molecule has 2 saturated heterocycles. The summed E-state index contributed by atoms with van der Waals surface area (Å²) in [6, 6.07) is 2.27. The molecule has 2 fully saturated rings. The Hall–Kier alpha value is -2.22. The summed E-state index contributed by atoms with van der Waals surface area (Å²) < 4.78 is 1.79. The second-order valence-corrected chi connectivity index (χ2v) is 7.66. The zero-order valence-electron chi connectivity index (χ0n) is 15.5. The SMILES string of the molecule is CC(C)n1cc([C@]2(O)CCCN(c3cc(N4CCCC4)ncn3)C2)nn1. The molecule has 0 bridgehead atoms. The summed E-state index contributed by atoms with van der Waals surface area (Å²) >= 11 is 0. The Bertz CT molecular complexity index is 756. The fraction of sp³-hybridized carbons (Fsp3) is 0.667. The fourth-order valence-corrected chi connectivity index (χ4v) is 3.81. The molecule has 1 atom stereocenters. The molecule has 140 valence electrons. The van der Waals surface area contributed by atoms with E-state index in [1.165, 1.54) is 12.8 Å². The van der Waals surface area contributed by atoms with Gasteiger partial charge in [-0.3, -0.25) is 0 Å². The van der Waals surface area contributed by atoms with E-state index in [1.54, 1.807) is 11.0 Å². The van der Waals surface area contributed by atoms with Crippen molar-refractivity contribution in [1.82, 2.24) is 25.0 Å². The Labute approximate surface area is 153 Å². The summed E-state index contributed by atoms with van der Waals surface area (Å²) in [5, 5.41) is 19.6. The standard InChI is InChI=1S/C18H27N7O/c1-14(2)25-11-15(21-22-25)18(26)6-5-9-24(12-18)17-10-16(19-13-20-17)23-7-3-4-8-23/h10-11,13-14,26H,3-9,12H2,1-2H3/t18-/m0/s1. The van der Waals surface area contributed by atoms with Crippen molar-refractivity contribution in [2.24, 2.45) is 0 Å². The number of hydrogen-bond acceptors (Lipinski definition) is 7. The van der Waals surface area contributed by atoms with E-state index in [0.29, 0.717) is 18.7 Å². The Balaban J connectivity index is 1.55. The zero-order valence-corrected chi connectivity index (χ0v) is 15.5. The average Bonchev–Trinajstić information content (AvgIpc) is 3.34. The Morgan fingerprint density at radius 1 is 1.04 bits per heavy atom. The van der Waals surface area contributed by atoms with Gasteiger partial charge in [0, 0.05) is 31.7 Å². The highest BCUT2D eigenvalue weighted by molar-refractivity contribution is 5.51. The molecule has 0 radical (unpaired) electrons. The Kier molecular flexibility index (Phi) is 4.52. The van der Waals surface area contributed by atoms with E-state index in [2.05, 4.69) is 43.9 Å². The molecule has 0 saturated carbocycles. The van der Waals surface area contributed by atoms with Crippen LogP contribution >= 0.6 is 0 Å². The number of β-amino-alcohol motifs (C(OH)–C–C–N with tert-alkyl or cyclic N) is 1. The molecule has 8 nitrogen and oxygen atoms in total. The van der Waals surface area contributed by atoms with Crippen molar-refractivity contribution >= 4 is 11.6 Å². The summed E-state index contributed by atoms with van der Waals surface area (Å²) in [5.74, 6) is 1.85. The number of hydrogen-bond donors (Lipinski definition) is 1. The molecule has 2 aromatic rings. The van der Waals surface area contributed by atoms with E-state index in [0.717, 1.165) is 37.7 Å². The molecule has 2 aliphatic heterocycles. The lowest BCUT2D eigenvalue weighted by molar-refractivity contribution is 0.0174. The maximum Gasteiger partial charge on any atom is 0.134 e. The van der Waals surface area contributed by atoms with Crippen LogP contribution in [-0.4, -0.2) is 56.2 Å². The molecule has 4 rings (SSSR count). The van der Waals surface area contributed by atoms with Crippen molar-refractivity contribution in [3.63, 3.8) is 0 Å². The van der Waals surface area contributed by atoms with Crippen molar-refractivity contribution in [2.75, 3.05) is 36.0 Å². The summed E-state index contributed by atoms with van der Waals surface area (Å²) in [6.45, 7) is 7.56. The van der Waals surface area contributed by atoms with E-state index < -0.39 is 5.60 Å². The number of aliphatic hydroxyl groups is 1. The second kappa shape index (κ2) is 6.83. The lowest BCUT2D eigenvalue weighted by Crippen LogP contribution is -2.46. The van der Waals surface area contributed by atoms with Crippen LogP contribution in [0, 0.1) is 0 Å². The van der Waals surface area contributed by atoms with Crippen molar-refractivity contribution < 1.29 is 5.11 Å². The van der Waals surface area contributed by atoms with Gasteiger partial charge in [0.15, 0.2) is 0 Å². The maximum atomic E-state index is 11.2. The van der Waals surface area contributed by atoms with Crippen LogP contribution in [0.25, 0.3) is 0 Å². The van der Waals surface area contributed by atoms with E-state index in [-0.39, 0.29) is 6.04 Å². The van der Waals surface area contributed by atoms with Crippen LogP contribution in [0.4, 0.5) is 11.6 Å². The number of rotatable bonds is 4. The van der Waals surface area contributed by atoms with E-state index in [4.69, 9.17) is 0 Å². The first-order valence-corrected chi connectivity index (χ1v) is 9.52. The first kappa shape index (κ1) is 17.2. The molecule has 8 heteroatoms. The molecule has 4 heterocycles. The van der Waals surface area contributed by atoms with Crippen LogP contribution in [-0.2, 0) is 5.60 Å². The quantitative estimate of drug-likeness (QED) is 0.892. The molecule has 0 aromatic carbocycles. The maximum absolute atomic E-state index is 11.2. The van der Waals surface area contributed by atoms with Gasteiger partial charge in [-0.15, -0.1) is 5.10 Å². The smallest absolute Gasteiger partial charge is 0.134 e. The van der Waals surface area contributed by atoms with Gasteiger partial charge in [-0.2, -0.15) is 0 Å². The van der Waals surface area contributed by atoms with Crippen LogP contribution in [0.2, 0.25) is 0 Å². The van der Waals surface area contributed by atoms with E-state index in [9.17, 15) is 5.11 Å². The first-order chi connectivity index (χ1) is 12.5. The number of aromatic nitrogens is 5. The van der Waals surface area contributed by atoms with Gasteiger partial charge in [0.25, 0.3) is 0 Å². The molecule has 0 unspecified atom stereocenters. The van der Waals surface area contributed by atoms with Gasteiger partial charge in [-0.1, -0.05) is 5.21 Å². The van der Waals surface area contributed by atoms with Crippen molar-refractivity contribution in [2.45, 2.75) is 51.2 Å². The highest BCUT2D eigenvalue weighted by Crippen LogP contribution is 2.33. The van der Waals surface area contributed by atoms with E-state index >= 15 is 0 Å². The summed E-state index contributed by atoms with van der Waals surface area (Å²) in [4.78, 5) is 13.3. The van der Waals surface area contributed by atoms with Gasteiger partial charge < -0.3 is 14.9 Å². The third-order valence-electron chi connectivity index (χ3n) is 5.38. The van der Waals surface area contributed by atoms with Crippen molar-refractivity contribution in [1.29, 1.82) is 0 Å². The Morgan fingerprint density at radius 2 is 1.73 bits per heavy atom. The van der Waals surface area contributed by atoms with Crippen LogP contribution < -0.4 is 9.80 Å². The third-order valence-corrected chi connectivity index (χ3v) is 5.38. The summed E-state index contributed by atoms with van der Waals surface area (Å²) in [7, 11) is 0. The van der Waals surface area contributed by atoms with Crippen LogP contribution in [0.15, 0.2) is 18.6 Å². The average molecular weight is 357 g/mol. The minimum absolute atomic E-state index is 0.226. The highest BCUT2D eigenvalue weighted by atomic mass is 16.3. The van der Waals surface area contributed by atoms with Crippen LogP contribution in [0.5, 0.6) is 0 Å². The molecule has 0 aliphatic carbocycles. The number of anilines is 2. The lowest BCUT2D eigenvalue weighted by atomic mass is 9.90. The number of nitrogens with zero attached hydrogens (tertiary/aromatic N) is 7. The van der Waals surface area contributed by atoms with Gasteiger partial charge in [0.05, 0.1) is 12.7 Å². The molecule has 0 amide bonds. The van der Waals surface area contributed by atoms with Crippen LogP contribution in [0.1, 0.15) is 51.3 Å². The van der Waals surface area contributed by atoms with Crippen LogP contribution in [0.3, 0.4) is 0 Å². The van der Waals surface area contributed by atoms with Gasteiger partial charge >= 0.3 is 0 Å². The molecular weight excluding hydrogens is 330 g/mol. The predicted octanol–water partition coefficient (Wildman–Crippen LogP) is 1.74. The van der Waals surface area contributed by atoms with Gasteiger partial charge in [-0.05, 0) is 39.5 Å². The lowest BCUT2D eigenvalue weighted by Gasteiger charge is -2.38. The molecule has 2 aromatic heterocycles. The highest BCUT2D eigenvalue weighted by Gasteiger charge is 2.38. The number of piperidine rings is 1. The predicted molar refractivity (Wildman–Crippen MR) is 99.2 cm³/mol. The second-order valence-electron chi connectivity index (χ2n) is 7.66. The summed E-state index contributed by atoms with van der Waals surface area (Å²) in [5.41, 5.74) is -0.353. The fourth-order valence-electron chi connectivity index (χ4n) is 3.81. The normalized spacial score (nSPS) is 23.8. The topological polar surface area (TPSA) is 83.2 Å². The minimum atomic E-state index is -0.996. The van der Waals surface area contributed by atoms with Gasteiger partial charge in [0.1, 0.15) is 29.3 Å². The zero-order chi connectivity index (χ0) is 18.1. The first-order valence-electron chi connectivity index (χ1n) is 9.52. The van der Waals surface area contributed by atoms with Gasteiger partial charge in [-0.25, -0.2) is 14.6 Å². The molecule has 0 spiro atoms. The monoisotopic (exact) mass is 357 g/mol. The van der Waals surface area contributed by atoms with Crippen molar-refractivity contribution in [3.05, 3.63) is 24.3 Å². The molecule has 1 N–H and O–H groups in total. The Morgan fingerprint density at radius 3 is 2.42 bits per heavy atom. The minimum Gasteiger partial charge on any atom is -0.382 e.